The topological polar surface area (TPSA) is 218 Å². The first-order valence-corrected chi connectivity index (χ1v) is 12.5. The molecule has 0 aliphatic carbocycles. The molecule has 0 radical (unpaired) electrons. The van der Waals surface area contributed by atoms with Crippen molar-refractivity contribution in [3.8, 4) is 17.1 Å². The Morgan fingerprint density at radius 1 is 1.22 bits per heavy atom. The predicted octanol–water partition coefficient (Wildman–Crippen LogP) is 1.28. The number of carboxylic acid groups (broad SMARTS) is 1. The van der Waals surface area contributed by atoms with Crippen LogP contribution in [0.4, 0.5) is 9.18 Å². The van der Waals surface area contributed by atoms with E-state index in [1.54, 1.807) is 19.1 Å². The monoisotopic (exact) mass is 542 g/mol. The zero-order valence-electron chi connectivity index (χ0n) is 19.8. The van der Waals surface area contributed by atoms with Crippen molar-refractivity contribution in [1.82, 2.24) is 25.5 Å². The van der Waals surface area contributed by atoms with Crippen molar-refractivity contribution >= 4 is 25.8 Å². The Balaban J connectivity index is 0.000000877. The Hall–Kier alpha value is -3.65. The number of hydrogen-bond donors (Lipinski definition) is 7. The molecule has 1 aromatic heterocycles. The van der Waals surface area contributed by atoms with E-state index in [1.165, 1.54) is 18.5 Å². The van der Waals surface area contributed by atoms with E-state index < -0.39 is 25.7 Å². The van der Waals surface area contributed by atoms with Crippen LogP contribution >= 0.6 is 7.82 Å². The number of hydrogen-bond acceptors (Lipinski definition) is 7. The summed E-state index contributed by atoms with van der Waals surface area (Å²) >= 11 is 0. The number of nitrogens with one attached hydrogen (secondary N) is 3. The minimum atomic E-state index is -4.64. The summed E-state index contributed by atoms with van der Waals surface area (Å²) in [6, 6.07) is 4.98. The van der Waals surface area contributed by atoms with Crippen molar-refractivity contribution in [2.24, 2.45) is 5.92 Å². The van der Waals surface area contributed by atoms with Crippen molar-refractivity contribution in [2.75, 3.05) is 19.7 Å². The molecule has 14 nitrogen and oxygen atoms in total. The van der Waals surface area contributed by atoms with Gasteiger partial charge in [0.05, 0.1) is 6.61 Å². The first-order valence-electron chi connectivity index (χ1n) is 10.9. The van der Waals surface area contributed by atoms with E-state index in [4.69, 9.17) is 34.5 Å². The summed E-state index contributed by atoms with van der Waals surface area (Å²) in [5.41, 5.74) is 1.01. The first kappa shape index (κ1) is 29.6. The molecule has 2 heterocycles. The molecule has 0 bridgehead atoms. The molecule has 0 unspecified atom stereocenters. The largest absolute Gasteiger partial charge is 0.466 e. The molecule has 0 spiro atoms. The van der Waals surface area contributed by atoms with E-state index in [-0.39, 0.29) is 29.6 Å². The standard InChI is InChI=1S/C21H25FN6O4.H3O4P/c1-13(29)28-7-5-14(6-8-28)12-32-20-25-10-16(11-26-20)17-4-2-3-15(18(17)22)9-24-19(23)27-21(30)31;1-5(2,3)4/h2-4,10-11,14H,5-9,12H2,1H3,(H,30,31)(H3,23,24,27);(H3,1,2,3,4). The van der Waals surface area contributed by atoms with Gasteiger partial charge in [-0.25, -0.2) is 23.7 Å². The molecule has 16 heteroatoms. The fourth-order valence-corrected chi connectivity index (χ4v) is 3.41. The minimum Gasteiger partial charge on any atom is -0.465 e. The molecule has 0 saturated carbocycles. The fraction of sp³-hybridized carbons (Fsp3) is 0.381. The molecular formula is C21H28FN6O8P. The van der Waals surface area contributed by atoms with Gasteiger partial charge in [-0.2, -0.15) is 0 Å². The minimum absolute atomic E-state index is 0.0662. The summed E-state index contributed by atoms with van der Waals surface area (Å²) in [6.07, 6.45) is 3.30. The molecule has 2 aromatic rings. The summed E-state index contributed by atoms with van der Waals surface area (Å²) in [7, 11) is -4.64. The van der Waals surface area contributed by atoms with Gasteiger partial charge in [0.2, 0.25) is 5.91 Å². The molecule has 1 saturated heterocycles. The van der Waals surface area contributed by atoms with E-state index in [0.717, 1.165) is 25.9 Å². The number of halogens is 1. The van der Waals surface area contributed by atoms with E-state index in [0.29, 0.717) is 18.1 Å². The third kappa shape index (κ3) is 10.9. The lowest BCUT2D eigenvalue weighted by Gasteiger charge is -2.30. The molecule has 0 atom stereocenters. The smallest absolute Gasteiger partial charge is 0.465 e. The Labute approximate surface area is 211 Å². The second-order valence-electron chi connectivity index (χ2n) is 7.97. The van der Waals surface area contributed by atoms with Crippen molar-refractivity contribution in [3.05, 3.63) is 42.0 Å². The third-order valence-electron chi connectivity index (χ3n) is 5.21. The van der Waals surface area contributed by atoms with Crippen molar-refractivity contribution in [1.29, 1.82) is 5.41 Å². The van der Waals surface area contributed by atoms with Gasteiger partial charge in [0.25, 0.3) is 0 Å². The number of rotatable bonds is 6. The van der Waals surface area contributed by atoms with Crippen LogP contribution in [0.5, 0.6) is 6.01 Å². The lowest BCUT2D eigenvalue weighted by Crippen LogP contribution is -2.39. The summed E-state index contributed by atoms with van der Waals surface area (Å²) in [5.74, 6) is -0.549. The average Bonchev–Trinajstić information content (AvgIpc) is 2.81. The Bertz CT molecular complexity index is 1130. The highest BCUT2D eigenvalue weighted by atomic mass is 31.2. The molecule has 1 fully saturated rings. The number of nitrogens with zero attached hydrogens (tertiary/aromatic N) is 3. The SMILES string of the molecule is CC(=O)N1CCC(COc2ncc(-c3cccc(CNC(=N)NC(=O)O)c3F)cn2)CC1.O=P(O)(O)O. The molecule has 202 valence electrons. The lowest BCUT2D eigenvalue weighted by atomic mass is 9.98. The van der Waals surface area contributed by atoms with Gasteiger partial charge in [0.15, 0.2) is 5.96 Å². The van der Waals surface area contributed by atoms with Gasteiger partial charge in [0.1, 0.15) is 5.82 Å². The highest BCUT2D eigenvalue weighted by molar-refractivity contribution is 7.45. The maximum absolute atomic E-state index is 14.9. The van der Waals surface area contributed by atoms with Crippen LogP contribution in [0.2, 0.25) is 0 Å². The second-order valence-corrected chi connectivity index (χ2v) is 8.99. The van der Waals surface area contributed by atoms with E-state index in [9.17, 15) is 14.0 Å². The van der Waals surface area contributed by atoms with Crippen molar-refractivity contribution in [2.45, 2.75) is 26.3 Å². The number of aromatic nitrogens is 2. The number of likely N-dealkylation sites (tertiary alicyclic amines) is 1. The summed E-state index contributed by atoms with van der Waals surface area (Å²) in [4.78, 5) is 53.6. The number of phosphoric acid groups is 1. The number of guanidine groups is 1. The Morgan fingerprint density at radius 2 is 1.81 bits per heavy atom. The number of carbonyl (C=O) groups excluding carboxylic acids is 1. The van der Waals surface area contributed by atoms with E-state index >= 15 is 0 Å². The number of amides is 2. The van der Waals surface area contributed by atoms with E-state index in [2.05, 4.69) is 15.3 Å². The van der Waals surface area contributed by atoms with E-state index in [1.807, 2.05) is 10.2 Å². The first-order chi connectivity index (χ1) is 17.3. The van der Waals surface area contributed by atoms with Gasteiger partial charge in [-0.3, -0.25) is 15.5 Å². The van der Waals surface area contributed by atoms with Gasteiger partial charge in [0, 0.05) is 55.6 Å². The van der Waals surface area contributed by atoms with Gasteiger partial charge in [-0.1, -0.05) is 18.2 Å². The number of piperidine rings is 1. The van der Waals surface area contributed by atoms with Crippen LogP contribution in [0.1, 0.15) is 25.3 Å². The molecule has 7 N–H and O–H groups in total. The maximum Gasteiger partial charge on any atom is 0.466 e. The lowest BCUT2D eigenvalue weighted by molar-refractivity contribution is -0.130. The molecule has 2 amide bonds. The van der Waals surface area contributed by atoms with Crippen LogP contribution < -0.4 is 15.4 Å². The van der Waals surface area contributed by atoms with Gasteiger partial charge in [-0.15, -0.1) is 0 Å². The Kier molecular flexibility index (Phi) is 10.9. The van der Waals surface area contributed by atoms with Crippen LogP contribution in [0.15, 0.2) is 30.6 Å². The Morgan fingerprint density at radius 3 is 2.35 bits per heavy atom. The van der Waals surface area contributed by atoms with Gasteiger partial charge < -0.3 is 34.7 Å². The van der Waals surface area contributed by atoms with Crippen LogP contribution in [-0.4, -0.2) is 72.3 Å². The zero-order chi connectivity index (χ0) is 27.6. The number of benzene rings is 1. The van der Waals surface area contributed by atoms with Crippen LogP contribution in [0.25, 0.3) is 11.1 Å². The summed E-state index contributed by atoms with van der Waals surface area (Å²) < 4.78 is 29.4. The molecular weight excluding hydrogens is 514 g/mol. The predicted molar refractivity (Wildman–Crippen MR) is 128 cm³/mol. The van der Waals surface area contributed by atoms with Gasteiger partial charge >= 0.3 is 19.9 Å². The molecule has 3 rings (SSSR count). The van der Waals surface area contributed by atoms with Crippen molar-refractivity contribution in [3.63, 3.8) is 0 Å². The number of carbonyl (C=O) groups is 2. The van der Waals surface area contributed by atoms with Crippen molar-refractivity contribution < 1.29 is 43.1 Å². The van der Waals surface area contributed by atoms with Crippen LogP contribution in [0.3, 0.4) is 0 Å². The average molecular weight is 542 g/mol. The zero-order valence-corrected chi connectivity index (χ0v) is 20.7. The second kappa shape index (κ2) is 13.6. The molecule has 37 heavy (non-hydrogen) atoms. The molecule has 1 aromatic carbocycles. The van der Waals surface area contributed by atoms with Crippen LogP contribution in [0, 0.1) is 17.1 Å². The quantitative estimate of drug-likeness (QED) is 0.157. The summed E-state index contributed by atoms with van der Waals surface area (Å²) in [5, 5.41) is 20.4. The highest BCUT2D eigenvalue weighted by Gasteiger charge is 2.21. The third-order valence-corrected chi connectivity index (χ3v) is 5.21. The molecule has 1 aliphatic heterocycles. The fourth-order valence-electron chi connectivity index (χ4n) is 3.41. The number of ether oxygens (including phenoxy) is 1. The van der Waals surface area contributed by atoms with Gasteiger partial charge in [-0.05, 0) is 18.8 Å². The normalized spacial score (nSPS) is 13.7. The summed E-state index contributed by atoms with van der Waals surface area (Å²) in [6.45, 7) is 3.40. The highest BCUT2D eigenvalue weighted by Crippen LogP contribution is 2.26. The maximum atomic E-state index is 14.9. The molecule has 1 aliphatic rings. The van der Waals surface area contributed by atoms with Crippen LogP contribution in [-0.2, 0) is 15.9 Å².